The molecule has 2 atom stereocenters. The summed E-state index contributed by atoms with van der Waals surface area (Å²) in [7, 11) is -4.10. The summed E-state index contributed by atoms with van der Waals surface area (Å²) in [6.45, 7) is 0.293. The average Bonchev–Trinajstić information content (AvgIpc) is 2.92. The minimum absolute atomic E-state index is 0.0594. The second-order valence-electron chi connectivity index (χ2n) is 8.62. The van der Waals surface area contributed by atoms with E-state index in [1.54, 1.807) is 42.7 Å². The van der Waals surface area contributed by atoms with E-state index in [-0.39, 0.29) is 21.6 Å². The summed E-state index contributed by atoms with van der Waals surface area (Å²) >= 11 is 6.46. The van der Waals surface area contributed by atoms with Gasteiger partial charge in [0.05, 0.1) is 15.5 Å². The second kappa shape index (κ2) is 12.2. The van der Waals surface area contributed by atoms with E-state index in [0.717, 1.165) is 31.5 Å². The molecule has 3 aromatic rings. The van der Waals surface area contributed by atoms with Crippen LogP contribution in [-0.2, 0) is 14.8 Å². The SMILES string of the molecule is O=C(NC[C@H](NS(=O)(=O)c1ccccc1)C(=O)O)c1ccc(N2CCCCC2Nc2ncccn2)cc1Cl. The zero-order chi connectivity index (χ0) is 27.1. The first-order chi connectivity index (χ1) is 18.2. The molecular formula is C25H27ClN6O5S. The number of amides is 1. The minimum atomic E-state index is -4.10. The van der Waals surface area contributed by atoms with Crippen molar-refractivity contribution in [1.29, 1.82) is 0 Å². The lowest BCUT2D eigenvalue weighted by molar-refractivity contribution is -0.138. The molecule has 0 spiro atoms. The first kappa shape index (κ1) is 27.3. The number of nitrogens with zero attached hydrogens (tertiary/aromatic N) is 3. The number of anilines is 2. The number of hydrogen-bond acceptors (Lipinski definition) is 8. The zero-order valence-electron chi connectivity index (χ0n) is 20.2. The van der Waals surface area contributed by atoms with Crippen molar-refractivity contribution < 1.29 is 23.1 Å². The molecule has 1 saturated heterocycles. The molecule has 4 rings (SSSR count). The highest BCUT2D eigenvalue weighted by molar-refractivity contribution is 7.89. The van der Waals surface area contributed by atoms with Crippen molar-refractivity contribution in [2.24, 2.45) is 0 Å². The number of benzene rings is 2. The molecule has 0 radical (unpaired) electrons. The molecule has 2 heterocycles. The van der Waals surface area contributed by atoms with E-state index < -0.39 is 34.5 Å². The Kier molecular flexibility index (Phi) is 8.77. The fourth-order valence-electron chi connectivity index (χ4n) is 4.10. The summed E-state index contributed by atoms with van der Waals surface area (Å²) in [6, 6.07) is 12.5. The Bertz CT molecular complexity index is 1380. The molecule has 1 unspecified atom stereocenters. The van der Waals surface area contributed by atoms with Crippen molar-refractivity contribution in [3.8, 4) is 0 Å². The fourth-order valence-corrected chi connectivity index (χ4v) is 5.58. The molecule has 4 N–H and O–H groups in total. The van der Waals surface area contributed by atoms with E-state index >= 15 is 0 Å². The molecule has 1 aromatic heterocycles. The number of aliphatic carboxylic acids is 1. The molecule has 11 nitrogen and oxygen atoms in total. The Balaban J connectivity index is 1.42. The summed E-state index contributed by atoms with van der Waals surface area (Å²) in [4.78, 5) is 35.0. The lowest BCUT2D eigenvalue weighted by Gasteiger charge is -2.38. The molecule has 0 bridgehead atoms. The van der Waals surface area contributed by atoms with Gasteiger partial charge in [-0.3, -0.25) is 9.59 Å². The van der Waals surface area contributed by atoms with Gasteiger partial charge in [-0.05, 0) is 55.7 Å². The Morgan fingerprint density at radius 2 is 1.82 bits per heavy atom. The maximum Gasteiger partial charge on any atom is 0.323 e. The van der Waals surface area contributed by atoms with E-state index in [9.17, 15) is 23.1 Å². The first-order valence-corrected chi connectivity index (χ1v) is 13.8. The van der Waals surface area contributed by atoms with Crippen LogP contribution in [0.3, 0.4) is 0 Å². The highest BCUT2D eigenvalue weighted by Gasteiger charge is 2.27. The van der Waals surface area contributed by atoms with Crippen molar-refractivity contribution in [2.75, 3.05) is 23.3 Å². The van der Waals surface area contributed by atoms with Crippen molar-refractivity contribution >= 4 is 45.1 Å². The lowest BCUT2D eigenvalue weighted by atomic mass is 10.1. The number of carboxylic acid groups (broad SMARTS) is 1. The van der Waals surface area contributed by atoms with Crippen LogP contribution in [-0.4, -0.2) is 60.7 Å². The van der Waals surface area contributed by atoms with Crippen LogP contribution in [0.4, 0.5) is 11.6 Å². The smallest absolute Gasteiger partial charge is 0.323 e. The fraction of sp³-hybridized carbons (Fsp3) is 0.280. The van der Waals surface area contributed by atoms with Gasteiger partial charge in [-0.15, -0.1) is 0 Å². The predicted octanol–water partition coefficient (Wildman–Crippen LogP) is 2.72. The van der Waals surface area contributed by atoms with Gasteiger partial charge < -0.3 is 20.6 Å². The molecule has 1 fully saturated rings. The summed E-state index contributed by atoms with van der Waals surface area (Å²) < 4.78 is 27.1. The Morgan fingerprint density at radius 1 is 1.08 bits per heavy atom. The van der Waals surface area contributed by atoms with E-state index in [0.29, 0.717) is 5.95 Å². The number of carboxylic acids is 1. The number of rotatable bonds is 10. The molecule has 38 heavy (non-hydrogen) atoms. The number of aromatic nitrogens is 2. The molecule has 13 heteroatoms. The van der Waals surface area contributed by atoms with Crippen LogP contribution in [0.2, 0.25) is 5.02 Å². The van der Waals surface area contributed by atoms with Crippen LogP contribution in [0.15, 0.2) is 71.9 Å². The van der Waals surface area contributed by atoms with Gasteiger partial charge in [0, 0.05) is 31.2 Å². The number of carbonyl (C=O) groups is 2. The van der Waals surface area contributed by atoms with Crippen LogP contribution >= 0.6 is 11.6 Å². The molecular weight excluding hydrogens is 532 g/mol. The summed E-state index contributed by atoms with van der Waals surface area (Å²) in [5.74, 6) is -1.54. The third-order valence-electron chi connectivity index (χ3n) is 6.01. The molecule has 0 saturated carbocycles. The average molecular weight is 559 g/mol. The molecule has 200 valence electrons. The van der Waals surface area contributed by atoms with Gasteiger partial charge in [0.2, 0.25) is 16.0 Å². The van der Waals surface area contributed by atoms with Crippen LogP contribution in [0.1, 0.15) is 29.6 Å². The standard InChI is InChI=1S/C25H27ClN6O5S/c26-20-15-17(32-14-5-4-9-22(32)30-25-27-12-6-13-28-25)10-11-19(20)23(33)29-16-21(24(34)35)31-38(36,37)18-7-2-1-3-8-18/h1-3,6-8,10-13,15,21-22,31H,4-5,9,14,16H2,(H,29,33)(H,34,35)(H,27,28,30)/t21-,22?/m0/s1. The van der Waals surface area contributed by atoms with E-state index in [1.165, 1.54) is 24.3 Å². The van der Waals surface area contributed by atoms with Gasteiger partial charge in [0.1, 0.15) is 12.2 Å². The number of piperidine rings is 1. The highest BCUT2D eigenvalue weighted by atomic mass is 35.5. The summed E-state index contributed by atoms with van der Waals surface area (Å²) in [5.41, 5.74) is 0.942. The van der Waals surface area contributed by atoms with E-state index in [1.807, 2.05) is 0 Å². The van der Waals surface area contributed by atoms with Gasteiger partial charge >= 0.3 is 5.97 Å². The van der Waals surface area contributed by atoms with Crippen molar-refractivity contribution in [2.45, 2.75) is 36.4 Å². The van der Waals surface area contributed by atoms with Gasteiger partial charge in [-0.2, -0.15) is 4.72 Å². The number of halogens is 1. The maximum absolute atomic E-state index is 12.8. The van der Waals surface area contributed by atoms with Crippen molar-refractivity contribution in [3.63, 3.8) is 0 Å². The molecule has 1 amide bonds. The number of nitrogens with one attached hydrogen (secondary N) is 3. The first-order valence-electron chi connectivity index (χ1n) is 11.9. The predicted molar refractivity (Wildman–Crippen MR) is 143 cm³/mol. The summed E-state index contributed by atoms with van der Waals surface area (Å²) in [5, 5.41) is 15.5. The number of carbonyl (C=O) groups excluding carboxylic acids is 1. The van der Waals surface area contributed by atoms with E-state index in [2.05, 4.69) is 30.2 Å². The summed E-state index contributed by atoms with van der Waals surface area (Å²) in [6.07, 6.45) is 6.16. The van der Waals surface area contributed by atoms with Gasteiger partial charge in [-0.25, -0.2) is 18.4 Å². The topological polar surface area (TPSA) is 154 Å². The normalized spacial score (nSPS) is 16.4. The van der Waals surface area contributed by atoms with Crippen LogP contribution in [0.25, 0.3) is 0 Å². The second-order valence-corrected chi connectivity index (χ2v) is 10.7. The van der Waals surface area contributed by atoms with E-state index in [4.69, 9.17) is 11.6 Å². The monoisotopic (exact) mass is 558 g/mol. The number of hydrogen-bond donors (Lipinski definition) is 4. The molecule has 0 aliphatic carbocycles. The van der Waals surface area contributed by atoms with Crippen LogP contribution < -0.4 is 20.3 Å². The van der Waals surface area contributed by atoms with Gasteiger partial charge in [-0.1, -0.05) is 29.8 Å². The third-order valence-corrected chi connectivity index (χ3v) is 7.81. The highest BCUT2D eigenvalue weighted by Crippen LogP contribution is 2.29. The Morgan fingerprint density at radius 3 is 2.50 bits per heavy atom. The third kappa shape index (κ3) is 6.77. The molecule has 1 aliphatic rings. The quantitative estimate of drug-likeness (QED) is 0.294. The largest absolute Gasteiger partial charge is 0.480 e. The zero-order valence-corrected chi connectivity index (χ0v) is 21.8. The maximum atomic E-state index is 12.8. The minimum Gasteiger partial charge on any atom is -0.480 e. The van der Waals surface area contributed by atoms with Crippen molar-refractivity contribution in [1.82, 2.24) is 20.0 Å². The van der Waals surface area contributed by atoms with Crippen molar-refractivity contribution in [3.05, 3.63) is 77.6 Å². The number of sulfonamides is 1. The van der Waals surface area contributed by atoms with Crippen LogP contribution in [0, 0.1) is 0 Å². The van der Waals surface area contributed by atoms with Gasteiger partial charge in [0.25, 0.3) is 5.91 Å². The Hall–Kier alpha value is -3.74. The molecule has 1 aliphatic heterocycles. The Labute approximate surface area is 225 Å². The van der Waals surface area contributed by atoms with Gasteiger partial charge in [0.15, 0.2) is 0 Å². The lowest BCUT2D eigenvalue weighted by Crippen LogP contribution is -2.48. The van der Waals surface area contributed by atoms with Crippen LogP contribution in [0.5, 0.6) is 0 Å². The molecule has 2 aromatic carbocycles.